The van der Waals surface area contributed by atoms with Crippen LogP contribution in [0.3, 0.4) is 0 Å². The molecule has 0 radical (unpaired) electrons. The number of pyridine rings is 1. The van der Waals surface area contributed by atoms with E-state index in [2.05, 4.69) is 30.6 Å². The first kappa shape index (κ1) is 18.1. The molecule has 0 aliphatic heterocycles. The zero-order valence-electron chi connectivity index (χ0n) is 15.1. The number of aryl methyl sites for hydroxylation is 2. The molecule has 0 aliphatic rings. The molecule has 8 heteroatoms. The van der Waals surface area contributed by atoms with E-state index in [4.69, 9.17) is 0 Å². The van der Waals surface area contributed by atoms with Gasteiger partial charge in [-0.15, -0.1) is 0 Å². The van der Waals surface area contributed by atoms with Gasteiger partial charge in [0, 0.05) is 24.4 Å². The summed E-state index contributed by atoms with van der Waals surface area (Å²) in [6.07, 6.45) is 1.65. The van der Waals surface area contributed by atoms with Gasteiger partial charge in [0.15, 0.2) is 5.82 Å². The average Bonchev–Trinajstić information content (AvgIpc) is 2.61. The molecule has 0 atom stereocenters. The second-order valence-corrected chi connectivity index (χ2v) is 5.91. The Morgan fingerprint density at radius 3 is 2.44 bits per heavy atom. The van der Waals surface area contributed by atoms with Crippen LogP contribution in [0, 0.1) is 13.8 Å². The predicted octanol–water partition coefficient (Wildman–Crippen LogP) is 2.76. The lowest BCUT2D eigenvalue weighted by molar-refractivity contribution is -0.114. The molecule has 2 aromatic heterocycles. The third kappa shape index (κ3) is 4.49. The Labute approximate surface area is 156 Å². The van der Waals surface area contributed by atoms with E-state index in [1.54, 1.807) is 50.4 Å². The van der Waals surface area contributed by atoms with Crippen LogP contribution in [0.25, 0.3) is 11.5 Å². The maximum atomic E-state index is 12.6. The highest BCUT2D eigenvalue weighted by atomic mass is 16.2. The largest absolute Gasteiger partial charge is 0.326 e. The van der Waals surface area contributed by atoms with E-state index in [9.17, 15) is 9.59 Å². The summed E-state index contributed by atoms with van der Waals surface area (Å²) in [5.41, 5.74) is 2.40. The van der Waals surface area contributed by atoms with Gasteiger partial charge in [0.25, 0.3) is 5.91 Å². The van der Waals surface area contributed by atoms with Crippen LogP contribution in [0.1, 0.15) is 28.7 Å². The fourth-order valence-corrected chi connectivity index (χ4v) is 2.52. The molecule has 2 N–H and O–H groups in total. The van der Waals surface area contributed by atoms with Crippen molar-refractivity contribution in [1.82, 2.24) is 19.9 Å². The van der Waals surface area contributed by atoms with Crippen LogP contribution in [-0.2, 0) is 4.79 Å². The lowest BCUT2D eigenvalue weighted by Gasteiger charge is -2.10. The minimum absolute atomic E-state index is 0.151. The van der Waals surface area contributed by atoms with Gasteiger partial charge < -0.3 is 5.32 Å². The molecule has 0 spiro atoms. The number of hydrogen-bond donors (Lipinski definition) is 2. The fraction of sp³-hybridized carbons (Fsp3) is 0.158. The molecule has 0 aliphatic carbocycles. The van der Waals surface area contributed by atoms with Crippen molar-refractivity contribution in [3.05, 3.63) is 59.5 Å². The van der Waals surface area contributed by atoms with E-state index < -0.39 is 0 Å². The van der Waals surface area contributed by atoms with Gasteiger partial charge in [-0.25, -0.2) is 4.98 Å². The summed E-state index contributed by atoms with van der Waals surface area (Å²) in [5.74, 6) is 0.488. The van der Waals surface area contributed by atoms with Crippen molar-refractivity contribution in [2.75, 3.05) is 10.6 Å². The Bertz CT molecular complexity index is 1000. The van der Waals surface area contributed by atoms with Crippen LogP contribution in [-0.4, -0.2) is 31.8 Å². The van der Waals surface area contributed by atoms with Gasteiger partial charge >= 0.3 is 0 Å². The smallest absolute Gasteiger partial charge is 0.258 e. The SMILES string of the molecule is CC(=O)Nc1ccc(C(=O)Nc2nc(C)nc(-c3ccccn3)n2)c(C)c1. The van der Waals surface area contributed by atoms with Crippen molar-refractivity contribution in [2.24, 2.45) is 0 Å². The number of carbonyl (C=O) groups excluding carboxylic acids is 2. The van der Waals surface area contributed by atoms with Crippen LogP contribution in [0.15, 0.2) is 42.6 Å². The number of amides is 2. The van der Waals surface area contributed by atoms with Gasteiger partial charge in [-0.3, -0.25) is 19.9 Å². The first-order valence-electron chi connectivity index (χ1n) is 8.26. The first-order valence-corrected chi connectivity index (χ1v) is 8.26. The number of rotatable bonds is 4. The Balaban J connectivity index is 1.84. The van der Waals surface area contributed by atoms with E-state index in [0.29, 0.717) is 28.6 Å². The molecular formula is C19H18N6O2. The van der Waals surface area contributed by atoms with Crippen LogP contribution < -0.4 is 10.6 Å². The van der Waals surface area contributed by atoms with E-state index in [1.165, 1.54) is 6.92 Å². The molecule has 1 aromatic carbocycles. The highest BCUT2D eigenvalue weighted by Crippen LogP contribution is 2.17. The minimum Gasteiger partial charge on any atom is -0.326 e. The Hall–Kier alpha value is -3.68. The predicted molar refractivity (Wildman–Crippen MR) is 101 cm³/mol. The molecule has 0 saturated carbocycles. The number of anilines is 2. The number of nitrogens with one attached hydrogen (secondary N) is 2. The van der Waals surface area contributed by atoms with E-state index in [1.807, 2.05) is 6.07 Å². The second-order valence-electron chi connectivity index (χ2n) is 5.91. The maximum absolute atomic E-state index is 12.6. The molecule has 0 saturated heterocycles. The third-order valence-corrected chi connectivity index (χ3v) is 3.66. The Morgan fingerprint density at radius 1 is 0.963 bits per heavy atom. The summed E-state index contributed by atoms with van der Waals surface area (Å²) in [4.78, 5) is 40.7. The monoisotopic (exact) mass is 362 g/mol. The Kier molecular flexibility index (Phi) is 5.16. The molecule has 136 valence electrons. The summed E-state index contributed by atoms with van der Waals surface area (Å²) < 4.78 is 0. The van der Waals surface area contributed by atoms with Crippen LogP contribution in [0.5, 0.6) is 0 Å². The summed E-state index contributed by atoms with van der Waals surface area (Å²) in [6, 6.07) is 10.5. The highest BCUT2D eigenvalue weighted by Gasteiger charge is 2.14. The lowest BCUT2D eigenvalue weighted by atomic mass is 10.1. The third-order valence-electron chi connectivity index (χ3n) is 3.66. The summed E-state index contributed by atoms with van der Waals surface area (Å²) >= 11 is 0. The van der Waals surface area contributed by atoms with Crippen molar-refractivity contribution < 1.29 is 9.59 Å². The van der Waals surface area contributed by atoms with E-state index in [-0.39, 0.29) is 17.8 Å². The van der Waals surface area contributed by atoms with Gasteiger partial charge in [0.1, 0.15) is 11.5 Å². The normalized spacial score (nSPS) is 10.3. The van der Waals surface area contributed by atoms with Gasteiger partial charge in [-0.2, -0.15) is 9.97 Å². The number of benzene rings is 1. The molecule has 27 heavy (non-hydrogen) atoms. The quantitative estimate of drug-likeness (QED) is 0.738. The first-order chi connectivity index (χ1) is 12.9. The molecule has 8 nitrogen and oxygen atoms in total. The maximum Gasteiger partial charge on any atom is 0.258 e. The molecule has 3 aromatic rings. The molecule has 0 fully saturated rings. The van der Waals surface area contributed by atoms with Crippen LogP contribution in [0.2, 0.25) is 0 Å². The zero-order chi connectivity index (χ0) is 19.4. The zero-order valence-corrected chi connectivity index (χ0v) is 15.1. The fourth-order valence-electron chi connectivity index (χ4n) is 2.52. The number of carbonyl (C=O) groups is 2. The van der Waals surface area contributed by atoms with Crippen molar-refractivity contribution in [2.45, 2.75) is 20.8 Å². The van der Waals surface area contributed by atoms with Crippen molar-refractivity contribution >= 4 is 23.5 Å². The van der Waals surface area contributed by atoms with E-state index >= 15 is 0 Å². The van der Waals surface area contributed by atoms with Crippen LogP contribution in [0.4, 0.5) is 11.6 Å². The number of hydrogen-bond acceptors (Lipinski definition) is 6. The minimum atomic E-state index is -0.348. The van der Waals surface area contributed by atoms with Crippen LogP contribution >= 0.6 is 0 Å². The van der Waals surface area contributed by atoms with E-state index in [0.717, 1.165) is 5.56 Å². The Morgan fingerprint density at radius 2 is 1.78 bits per heavy atom. The molecule has 2 heterocycles. The van der Waals surface area contributed by atoms with Gasteiger partial charge in [0.2, 0.25) is 11.9 Å². The van der Waals surface area contributed by atoms with Crippen molar-refractivity contribution in [1.29, 1.82) is 0 Å². The van der Waals surface area contributed by atoms with Gasteiger partial charge in [-0.1, -0.05) is 6.07 Å². The molecular weight excluding hydrogens is 344 g/mol. The molecule has 0 bridgehead atoms. The summed E-state index contributed by atoms with van der Waals surface area (Å²) in [7, 11) is 0. The molecule has 2 amide bonds. The van der Waals surface area contributed by atoms with Gasteiger partial charge in [0.05, 0.1) is 0 Å². The average molecular weight is 362 g/mol. The molecule has 3 rings (SSSR count). The number of nitrogens with zero attached hydrogens (tertiary/aromatic N) is 4. The second kappa shape index (κ2) is 7.69. The van der Waals surface area contributed by atoms with Crippen molar-refractivity contribution in [3.63, 3.8) is 0 Å². The molecule has 0 unspecified atom stereocenters. The summed E-state index contributed by atoms with van der Waals surface area (Å²) in [6.45, 7) is 4.94. The summed E-state index contributed by atoms with van der Waals surface area (Å²) in [5, 5.41) is 5.38. The van der Waals surface area contributed by atoms with Gasteiger partial charge in [-0.05, 0) is 49.7 Å². The standard InChI is InChI=1S/C19H18N6O2/c1-11-10-14(23-13(3)26)7-8-15(11)18(27)25-19-22-12(2)21-17(24-19)16-6-4-5-9-20-16/h4-10H,1-3H3,(H,23,26)(H,21,22,24,25,27). The number of aromatic nitrogens is 4. The lowest BCUT2D eigenvalue weighted by Crippen LogP contribution is -2.17. The highest BCUT2D eigenvalue weighted by molar-refractivity contribution is 6.05. The topological polar surface area (TPSA) is 110 Å². The van der Waals surface area contributed by atoms with Crippen molar-refractivity contribution in [3.8, 4) is 11.5 Å².